The van der Waals surface area contributed by atoms with E-state index in [0.29, 0.717) is 12.1 Å². The summed E-state index contributed by atoms with van der Waals surface area (Å²) in [6.45, 7) is 3.02. The van der Waals surface area contributed by atoms with Crippen molar-refractivity contribution in [3.8, 4) is 0 Å². The highest BCUT2D eigenvalue weighted by molar-refractivity contribution is 5.21. The lowest BCUT2D eigenvalue weighted by Gasteiger charge is -2.20. The highest BCUT2D eigenvalue weighted by atomic mass is 16.5. The minimum absolute atomic E-state index is 0.386. The van der Waals surface area contributed by atoms with Crippen LogP contribution >= 0.6 is 0 Å². The van der Waals surface area contributed by atoms with Crippen molar-refractivity contribution in [1.29, 1.82) is 0 Å². The van der Waals surface area contributed by atoms with Crippen LogP contribution in [0.25, 0.3) is 0 Å². The Labute approximate surface area is 97.2 Å². The number of nitrogens with one attached hydrogen (secondary N) is 1. The number of pyridine rings is 1. The molecule has 0 radical (unpaired) electrons. The Kier molecular flexibility index (Phi) is 3.91. The normalized spacial score (nSPS) is 24.9. The minimum Gasteiger partial charge on any atom is -0.380 e. The number of hydrogen-bond acceptors (Lipinski definition) is 3. The van der Waals surface area contributed by atoms with Gasteiger partial charge in [-0.2, -0.15) is 0 Å². The van der Waals surface area contributed by atoms with E-state index in [1.165, 1.54) is 30.4 Å². The quantitative estimate of drug-likeness (QED) is 0.843. The molecular formula is C13H20N2O. The molecular weight excluding hydrogens is 200 g/mol. The van der Waals surface area contributed by atoms with Gasteiger partial charge in [-0.3, -0.25) is 4.98 Å². The number of nitrogens with zero attached hydrogens (tertiary/aromatic N) is 1. The van der Waals surface area contributed by atoms with Crippen LogP contribution in [0.2, 0.25) is 0 Å². The van der Waals surface area contributed by atoms with Crippen LogP contribution in [-0.2, 0) is 11.3 Å². The molecule has 1 saturated carbocycles. The van der Waals surface area contributed by atoms with Crippen molar-refractivity contribution in [3.05, 3.63) is 29.6 Å². The highest BCUT2D eigenvalue weighted by Gasteiger charge is 2.26. The molecule has 0 aliphatic heterocycles. The van der Waals surface area contributed by atoms with Crippen molar-refractivity contribution >= 4 is 0 Å². The molecule has 1 N–H and O–H groups in total. The summed E-state index contributed by atoms with van der Waals surface area (Å²) in [5, 5.41) is 3.57. The fourth-order valence-electron chi connectivity index (χ4n) is 2.36. The third kappa shape index (κ3) is 2.60. The molecule has 1 fully saturated rings. The van der Waals surface area contributed by atoms with Gasteiger partial charge in [-0.15, -0.1) is 0 Å². The zero-order chi connectivity index (χ0) is 11.4. The second-order valence-corrected chi connectivity index (χ2v) is 4.49. The van der Waals surface area contributed by atoms with Gasteiger partial charge in [0.05, 0.1) is 6.10 Å². The molecule has 1 aromatic heterocycles. The molecule has 88 valence electrons. The lowest BCUT2D eigenvalue weighted by atomic mass is 10.1. The maximum Gasteiger partial charge on any atom is 0.0724 e. The standard InChI is InChI=1S/C13H20N2O/c1-10-6-7-14-8-11(10)9-15-12-4-3-5-13(12)16-2/h6-8,12-13,15H,3-5,9H2,1-2H3. The second-order valence-electron chi connectivity index (χ2n) is 4.49. The number of ether oxygens (including phenoxy) is 1. The molecule has 3 nitrogen and oxygen atoms in total. The first-order valence-corrected chi connectivity index (χ1v) is 5.97. The summed E-state index contributed by atoms with van der Waals surface area (Å²) < 4.78 is 5.46. The summed E-state index contributed by atoms with van der Waals surface area (Å²) in [4.78, 5) is 4.16. The van der Waals surface area contributed by atoms with E-state index in [-0.39, 0.29) is 0 Å². The average molecular weight is 220 g/mol. The van der Waals surface area contributed by atoms with E-state index in [1.807, 2.05) is 12.4 Å². The Bertz CT molecular complexity index is 340. The Morgan fingerprint density at radius 3 is 3.12 bits per heavy atom. The molecule has 0 bridgehead atoms. The van der Waals surface area contributed by atoms with Gasteiger partial charge in [0, 0.05) is 32.1 Å². The molecule has 1 heterocycles. The van der Waals surface area contributed by atoms with E-state index < -0.39 is 0 Å². The zero-order valence-electron chi connectivity index (χ0n) is 10.1. The highest BCUT2D eigenvalue weighted by Crippen LogP contribution is 2.21. The van der Waals surface area contributed by atoms with Gasteiger partial charge in [0.15, 0.2) is 0 Å². The Morgan fingerprint density at radius 2 is 2.38 bits per heavy atom. The van der Waals surface area contributed by atoms with Crippen LogP contribution in [0.3, 0.4) is 0 Å². The van der Waals surface area contributed by atoms with E-state index in [2.05, 4.69) is 23.3 Å². The van der Waals surface area contributed by atoms with E-state index in [9.17, 15) is 0 Å². The van der Waals surface area contributed by atoms with Crippen molar-refractivity contribution in [2.24, 2.45) is 0 Å². The fourth-order valence-corrected chi connectivity index (χ4v) is 2.36. The first-order valence-electron chi connectivity index (χ1n) is 5.97. The molecule has 2 atom stereocenters. The van der Waals surface area contributed by atoms with E-state index in [4.69, 9.17) is 4.74 Å². The second kappa shape index (κ2) is 5.41. The topological polar surface area (TPSA) is 34.1 Å². The number of aryl methyl sites for hydroxylation is 1. The van der Waals surface area contributed by atoms with Gasteiger partial charge in [0.25, 0.3) is 0 Å². The van der Waals surface area contributed by atoms with Gasteiger partial charge in [-0.25, -0.2) is 0 Å². The third-order valence-corrected chi connectivity index (χ3v) is 3.46. The molecule has 1 aliphatic carbocycles. The molecule has 2 rings (SSSR count). The summed E-state index contributed by atoms with van der Waals surface area (Å²) in [5.41, 5.74) is 2.58. The summed E-state index contributed by atoms with van der Waals surface area (Å²) in [5.74, 6) is 0. The van der Waals surface area contributed by atoms with Crippen molar-refractivity contribution in [2.45, 2.75) is 44.9 Å². The number of aromatic nitrogens is 1. The Balaban J connectivity index is 1.90. The number of rotatable bonds is 4. The van der Waals surface area contributed by atoms with E-state index in [0.717, 1.165) is 6.54 Å². The molecule has 0 aromatic carbocycles. The molecule has 16 heavy (non-hydrogen) atoms. The zero-order valence-corrected chi connectivity index (χ0v) is 10.1. The maximum atomic E-state index is 5.46. The van der Waals surface area contributed by atoms with Crippen molar-refractivity contribution in [1.82, 2.24) is 10.3 Å². The summed E-state index contributed by atoms with van der Waals surface area (Å²) in [6.07, 6.45) is 7.84. The van der Waals surface area contributed by atoms with E-state index in [1.54, 1.807) is 7.11 Å². The van der Waals surface area contributed by atoms with Crippen LogP contribution in [0.4, 0.5) is 0 Å². The van der Waals surface area contributed by atoms with Gasteiger partial charge in [0.1, 0.15) is 0 Å². The Hall–Kier alpha value is -0.930. The monoisotopic (exact) mass is 220 g/mol. The molecule has 3 heteroatoms. The van der Waals surface area contributed by atoms with Gasteiger partial charge < -0.3 is 10.1 Å². The molecule has 1 aromatic rings. The predicted octanol–water partition coefficient (Wildman–Crippen LogP) is 2.05. The lowest BCUT2D eigenvalue weighted by Crippen LogP contribution is -2.36. The summed E-state index contributed by atoms with van der Waals surface area (Å²) in [6, 6.07) is 2.56. The largest absolute Gasteiger partial charge is 0.380 e. The molecule has 0 amide bonds. The van der Waals surface area contributed by atoms with Crippen molar-refractivity contribution in [2.75, 3.05) is 7.11 Å². The van der Waals surface area contributed by atoms with E-state index >= 15 is 0 Å². The van der Waals surface area contributed by atoms with Crippen LogP contribution in [-0.4, -0.2) is 24.2 Å². The number of hydrogen-bond donors (Lipinski definition) is 1. The molecule has 0 saturated heterocycles. The van der Waals surface area contributed by atoms with Crippen LogP contribution in [0.5, 0.6) is 0 Å². The van der Waals surface area contributed by atoms with Gasteiger partial charge in [0.2, 0.25) is 0 Å². The van der Waals surface area contributed by atoms with Gasteiger partial charge in [-0.1, -0.05) is 0 Å². The first kappa shape index (κ1) is 11.6. The van der Waals surface area contributed by atoms with Crippen LogP contribution < -0.4 is 5.32 Å². The average Bonchev–Trinajstić information content (AvgIpc) is 2.75. The SMILES string of the molecule is COC1CCCC1NCc1cnccc1C. The molecule has 0 spiro atoms. The molecule has 1 aliphatic rings. The maximum absolute atomic E-state index is 5.46. The summed E-state index contributed by atoms with van der Waals surface area (Å²) >= 11 is 0. The predicted molar refractivity (Wildman–Crippen MR) is 64.2 cm³/mol. The lowest BCUT2D eigenvalue weighted by molar-refractivity contribution is 0.0847. The third-order valence-electron chi connectivity index (χ3n) is 3.46. The van der Waals surface area contributed by atoms with Crippen LogP contribution in [0, 0.1) is 6.92 Å². The van der Waals surface area contributed by atoms with Gasteiger partial charge in [-0.05, 0) is 43.4 Å². The summed E-state index contributed by atoms with van der Waals surface area (Å²) in [7, 11) is 1.81. The van der Waals surface area contributed by atoms with Crippen LogP contribution in [0.15, 0.2) is 18.5 Å². The van der Waals surface area contributed by atoms with Crippen molar-refractivity contribution < 1.29 is 4.74 Å². The van der Waals surface area contributed by atoms with Crippen LogP contribution in [0.1, 0.15) is 30.4 Å². The van der Waals surface area contributed by atoms with Gasteiger partial charge >= 0.3 is 0 Å². The smallest absolute Gasteiger partial charge is 0.0724 e. The Morgan fingerprint density at radius 1 is 1.50 bits per heavy atom. The fraction of sp³-hybridized carbons (Fsp3) is 0.615. The number of methoxy groups -OCH3 is 1. The van der Waals surface area contributed by atoms with Crippen molar-refractivity contribution in [3.63, 3.8) is 0 Å². The minimum atomic E-state index is 0.386. The first-order chi connectivity index (χ1) is 7.81. The molecule has 2 unspecified atom stereocenters.